The van der Waals surface area contributed by atoms with Gasteiger partial charge in [-0.3, -0.25) is 19.5 Å². The van der Waals surface area contributed by atoms with Gasteiger partial charge in [0.05, 0.1) is 19.2 Å². The Balaban J connectivity index is 1.74. The first-order valence-corrected chi connectivity index (χ1v) is 10.2. The number of nitrogens with zero attached hydrogens (tertiary/aromatic N) is 4. The molecule has 1 aromatic heterocycles. The lowest BCUT2D eigenvalue weighted by molar-refractivity contribution is -0.138. The Morgan fingerprint density at radius 1 is 0.967 bits per heavy atom. The van der Waals surface area contributed by atoms with Gasteiger partial charge in [-0.1, -0.05) is 25.1 Å². The third-order valence-electron chi connectivity index (χ3n) is 5.75. The van der Waals surface area contributed by atoms with Crippen LogP contribution in [0.5, 0.6) is 5.75 Å². The predicted octanol–water partition coefficient (Wildman–Crippen LogP) is 2.01. The number of imide groups is 1. The molecule has 2 amide bonds. The number of para-hydroxylation sites is 1. The van der Waals surface area contributed by atoms with E-state index in [1.807, 2.05) is 36.4 Å². The molecule has 3 heterocycles. The Hall–Kier alpha value is -3.19. The lowest BCUT2D eigenvalue weighted by atomic mass is 10.0. The van der Waals surface area contributed by atoms with Gasteiger partial charge in [0.15, 0.2) is 0 Å². The molecule has 7 heteroatoms. The highest BCUT2D eigenvalue weighted by Crippen LogP contribution is 2.37. The van der Waals surface area contributed by atoms with E-state index < -0.39 is 0 Å². The summed E-state index contributed by atoms with van der Waals surface area (Å²) in [5.41, 5.74) is 2.43. The largest absolute Gasteiger partial charge is 0.496 e. The number of aromatic nitrogens is 1. The molecule has 156 valence electrons. The SMILES string of the molecule is CCN1CCN(C2=C(c3ccccc3OC)C(=O)N(Cc3ccncc3)C2=O)CC1. The van der Waals surface area contributed by atoms with Crippen molar-refractivity contribution in [2.24, 2.45) is 0 Å². The Kier molecular flexibility index (Phi) is 5.81. The Labute approximate surface area is 176 Å². The number of carbonyl (C=O) groups excluding carboxylic acids is 2. The van der Waals surface area contributed by atoms with E-state index in [2.05, 4.69) is 21.7 Å². The highest BCUT2D eigenvalue weighted by Gasteiger charge is 2.42. The number of benzene rings is 1. The number of pyridine rings is 1. The number of hydrogen-bond donors (Lipinski definition) is 0. The van der Waals surface area contributed by atoms with Gasteiger partial charge in [0.25, 0.3) is 11.8 Å². The van der Waals surface area contributed by atoms with E-state index >= 15 is 0 Å². The summed E-state index contributed by atoms with van der Waals surface area (Å²) in [6, 6.07) is 11.0. The van der Waals surface area contributed by atoms with Crippen LogP contribution in [0.25, 0.3) is 5.57 Å². The van der Waals surface area contributed by atoms with Crippen molar-refractivity contribution in [2.75, 3.05) is 39.8 Å². The molecule has 0 saturated carbocycles. The lowest BCUT2D eigenvalue weighted by Crippen LogP contribution is -2.47. The molecule has 0 unspecified atom stereocenters. The maximum atomic E-state index is 13.5. The van der Waals surface area contributed by atoms with E-state index in [9.17, 15) is 9.59 Å². The minimum atomic E-state index is -0.283. The first-order chi connectivity index (χ1) is 14.6. The number of hydrogen-bond acceptors (Lipinski definition) is 6. The molecule has 0 radical (unpaired) electrons. The van der Waals surface area contributed by atoms with Gasteiger partial charge in [-0.2, -0.15) is 0 Å². The number of piperazine rings is 1. The second kappa shape index (κ2) is 8.67. The van der Waals surface area contributed by atoms with Gasteiger partial charge < -0.3 is 14.5 Å². The lowest BCUT2D eigenvalue weighted by Gasteiger charge is -2.36. The van der Waals surface area contributed by atoms with Crippen molar-refractivity contribution in [3.8, 4) is 5.75 Å². The van der Waals surface area contributed by atoms with Crippen LogP contribution in [0, 0.1) is 0 Å². The van der Waals surface area contributed by atoms with Crippen LogP contribution in [0.2, 0.25) is 0 Å². The summed E-state index contributed by atoms with van der Waals surface area (Å²) in [7, 11) is 1.58. The van der Waals surface area contributed by atoms with Gasteiger partial charge in [0.2, 0.25) is 0 Å². The van der Waals surface area contributed by atoms with Crippen LogP contribution in [0.3, 0.4) is 0 Å². The van der Waals surface area contributed by atoms with Crippen LogP contribution in [0.1, 0.15) is 18.1 Å². The molecule has 30 heavy (non-hydrogen) atoms. The third-order valence-corrected chi connectivity index (χ3v) is 5.75. The first-order valence-electron chi connectivity index (χ1n) is 10.2. The van der Waals surface area contributed by atoms with Crippen LogP contribution in [-0.4, -0.2) is 71.3 Å². The normalized spacial score (nSPS) is 17.8. The zero-order valence-corrected chi connectivity index (χ0v) is 17.4. The second-order valence-electron chi connectivity index (χ2n) is 7.40. The van der Waals surface area contributed by atoms with Gasteiger partial charge in [0, 0.05) is 44.1 Å². The minimum absolute atomic E-state index is 0.220. The van der Waals surface area contributed by atoms with Crippen molar-refractivity contribution < 1.29 is 14.3 Å². The fourth-order valence-corrected chi connectivity index (χ4v) is 4.05. The van der Waals surface area contributed by atoms with Crippen molar-refractivity contribution in [2.45, 2.75) is 13.5 Å². The highest BCUT2D eigenvalue weighted by atomic mass is 16.5. The molecule has 7 nitrogen and oxygen atoms in total. The van der Waals surface area contributed by atoms with Crippen LogP contribution in [-0.2, 0) is 16.1 Å². The molecule has 1 fully saturated rings. The van der Waals surface area contributed by atoms with Crippen LogP contribution in [0.4, 0.5) is 0 Å². The number of likely N-dealkylation sites (N-methyl/N-ethyl adjacent to an activating group) is 1. The summed E-state index contributed by atoms with van der Waals surface area (Å²) in [5, 5.41) is 0. The van der Waals surface area contributed by atoms with E-state index in [0.29, 0.717) is 35.7 Å². The quantitative estimate of drug-likeness (QED) is 0.684. The monoisotopic (exact) mass is 406 g/mol. The van der Waals surface area contributed by atoms with Crippen LogP contribution in [0.15, 0.2) is 54.5 Å². The Bertz CT molecular complexity index is 965. The molecular weight excluding hydrogens is 380 g/mol. The van der Waals surface area contributed by atoms with Gasteiger partial charge in [-0.25, -0.2) is 0 Å². The van der Waals surface area contributed by atoms with E-state index in [1.54, 1.807) is 19.5 Å². The van der Waals surface area contributed by atoms with Gasteiger partial charge >= 0.3 is 0 Å². The molecule has 2 aliphatic heterocycles. The van der Waals surface area contributed by atoms with Crippen molar-refractivity contribution >= 4 is 17.4 Å². The fourth-order valence-electron chi connectivity index (χ4n) is 4.05. The van der Waals surface area contributed by atoms with E-state index in [4.69, 9.17) is 4.74 Å². The number of amides is 2. The topological polar surface area (TPSA) is 66.0 Å². The average Bonchev–Trinajstić information content (AvgIpc) is 3.04. The number of carbonyl (C=O) groups is 2. The molecule has 2 aliphatic rings. The smallest absolute Gasteiger partial charge is 0.278 e. The van der Waals surface area contributed by atoms with E-state index in [1.165, 1.54) is 4.90 Å². The third kappa shape index (κ3) is 3.68. The van der Waals surface area contributed by atoms with E-state index in [0.717, 1.165) is 25.2 Å². The summed E-state index contributed by atoms with van der Waals surface area (Å²) in [5.74, 6) is 0.0565. The molecule has 0 atom stereocenters. The molecule has 1 aromatic carbocycles. The Morgan fingerprint density at radius 3 is 2.33 bits per heavy atom. The van der Waals surface area contributed by atoms with Gasteiger partial charge in [-0.15, -0.1) is 0 Å². The molecule has 4 rings (SSSR count). The number of rotatable bonds is 6. The molecule has 0 N–H and O–H groups in total. The maximum Gasteiger partial charge on any atom is 0.278 e. The standard InChI is InChI=1S/C23H26N4O3/c1-3-25-12-14-26(15-13-25)21-20(18-6-4-5-7-19(18)30-2)22(28)27(23(21)29)16-17-8-10-24-11-9-17/h4-11H,3,12-16H2,1-2H3. The average molecular weight is 406 g/mol. The molecule has 1 saturated heterocycles. The summed E-state index contributed by atoms with van der Waals surface area (Å²) < 4.78 is 5.51. The molecule has 2 aromatic rings. The fraction of sp³-hybridized carbons (Fsp3) is 0.348. The summed E-state index contributed by atoms with van der Waals surface area (Å²) in [4.78, 5) is 36.7. The van der Waals surface area contributed by atoms with Crippen molar-refractivity contribution in [1.82, 2.24) is 19.7 Å². The van der Waals surface area contributed by atoms with Crippen molar-refractivity contribution in [3.63, 3.8) is 0 Å². The number of ether oxygens (including phenoxy) is 1. The van der Waals surface area contributed by atoms with Crippen LogP contribution >= 0.6 is 0 Å². The second-order valence-corrected chi connectivity index (χ2v) is 7.40. The molecule has 0 spiro atoms. The summed E-state index contributed by atoms with van der Waals surface area (Å²) in [6.07, 6.45) is 3.33. The highest BCUT2D eigenvalue weighted by molar-refractivity contribution is 6.35. The summed E-state index contributed by atoms with van der Waals surface area (Å²) >= 11 is 0. The zero-order valence-electron chi connectivity index (χ0n) is 17.4. The molecular formula is C23H26N4O3. The van der Waals surface area contributed by atoms with E-state index in [-0.39, 0.29) is 18.4 Å². The van der Waals surface area contributed by atoms with Crippen LogP contribution < -0.4 is 4.74 Å². The minimum Gasteiger partial charge on any atom is -0.496 e. The van der Waals surface area contributed by atoms with Crippen molar-refractivity contribution in [1.29, 1.82) is 0 Å². The van der Waals surface area contributed by atoms with Crippen molar-refractivity contribution in [3.05, 3.63) is 65.6 Å². The number of methoxy groups -OCH3 is 1. The van der Waals surface area contributed by atoms with Gasteiger partial charge in [-0.05, 0) is 30.3 Å². The molecule has 0 aliphatic carbocycles. The maximum absolute atomic E-state index is 13.5. The zero-order chi connectivity index (χ0) is 21.1. The Morgan fingerprint density at radius 2 is 1.67 bits per heavy atom. The first kappa shape index (κ1) is 20.1. The molecule has 0 bridgehead atoms. The van der Waals surface area contributed by atoms with Gasteiger partial charge in [0.1, 0.15) is 11.4 Å². The predicted molar refractivity (Wildman–Crippen MR) is 113 cm³/mol. The summed E-state index contributed by atoms with van der Waals surface area (Å²) in [6.45, 7) is 6.49.